The number of hydrogen-bond donors (Lipinski definition) is 0. The molecule has 3 aromatic carbocycles. The van der Waals surface area contributed by atoms with Crippen LogP contribution in [0.4, 0.5) is 0 Å². The van der Waals surface area contributed by atoms with E-state index >= 15 is 0 Å². The molecule has 0 N–H and O–H groups in total. The number of hydrogen-bond acceptors (Lipinski definition) is 0. The first-order valence-corrected chi connectivity index (χ1v) is 13.5. The summed E-state index contributed by atoms with van der Waals surface area (Å²) in [5, 5.41) is 0. The van der Waals surface area contributed by atoms with Gasteiger partial charge in [0.2, 0.25) is 0 Å². The summed E-state index contributed by atoms with van der Waals surface area (Å²) in [6, 6.07) is 21.6. The molecular formula is C34H39Cl3Ti. The van der Waals surface area contributed by atoms with Gasteiger partial charge < -0.3 is 37.2 Å². The zero-order valence-electron chi connectivity index (χ0n) is 24.3. The Morgan fingerprint density at radius 1 is 0.474 bits per heavy atom. The summed E-state index contributed by atoms with van der Waals surface area (Å²) in [4.78, 5) is 0. The average molecular weight is 602 g/mol. The molecule has 0 heterocycles. The van der Waals surface area contributed by atoms with Crippen LogP contribution < -0.4 is 37.2 Å². The van der Waals surface area contributed by atoms with Gasteiger partial charge in [-0.15, -0.1) is 0 Å². The monoisotopic (exact) mass is 600 g/mol. The van der Waals surface area contributed by atoms with Gasteiger partial charge in [0, 0.05) is 0 Å². The van der Waals surface area contributed by atoms with Crippen LogP contribution in [-0.4, -0.2) is 0 Å². The van der Waals surface area contributed by atoms with Crippen molar-refractivity contribution in [1.29, 1.82) is 0 Å². The van der Waals surface area contributed by atoms with Gasteiger partial charge in [0.15, 0.2) is 0 Å². The Bertz CT molecular complexity index is 1200. The minimum atomic E-state index is -0.371. The van der Waals surface area contributed by atoms with Crippen LogP contribution in [0.2, 0.25) is 0 Å². The van der Waals surface area contributed by atoms with Crippen molar-refractivity contribution < 1.29 is 57.7 Å². The fourth-order valence-corrected chi connectivity index (χ4v) is 7.69. The molecular weight excluding hydrogens is 563 g/mol. The van der Waals surface area contributed by atoms with E-state index in [0.717, 1.165) is 0 Å². The molecule has 4 rings (SSSR count). The van der Waals surface area contributed by atoms with Gasteiger partial charge in [0.05, 0.1) is 0 Å². The second kappa shape index (κ2) is 12.5. The van der Waals surface area contributed by atoms with E-state index in [2.05, 4.69) is 144 Å². The van der Waals surface area contributed by atoms with Crippen LogP contribution in [0, 0.1) is 47.0 Å². The van der Waals surface area contributed by atoms with Crippen molar-refractivity contribution in [2.75, 3.05) is 0 Å². The summed E-state index contributed by atoms with van der Waals surface area (Å²) in [6.07, 6.45) is 0. The van der Waals surface area contributed by atoms with Crippen molar-refractivity contribution in [3.05, 3.63) is 125 Å². The maximum absolute atomic E-state index is 2.50. The number of rotatable bonds is 4. The van der Waals surface area contributed by atoms with Crippen molar-refractivity contribution >= 4 is 0 Å². The SMILES string of the molecule is CC1=C(C)C(C)(C(c2cc(C)cc(C)c2)(c2cc(C)cc(C)c2)c2cc(C)cc(C)c2)[C]([Ti+3])=C1C.[Cl-].[Cl-].[Cl-]. The van der Waals surface area contributed by atoms with E-state index in [9.17, 15) is 0 Å². The predicted molar refractivity (Wildman–Crippen MR) is 147 cm³/mol. The van der Waals surface area contributed by atoms with E-state index in [1.54, 1.807) is 0 Å². The molecule has 1 unspecified atom stereocenters. The van der Waals surface area contributed by atoms with Gasteiger partial charge in [-0.1, -0.05) is 0 Å². The van der Waals surface area contributed by atoms with Crippen LogP contribution in [0.5, 0.6) is 0 Å². The smallest absolute Gasteiger partial charge is 1.00 e. The number of aryl methyl sites for hydroxylation is 6. The fraction of sp³-hybridized carbons (Fsp3) is 0.353. The average Bonchev–Trinajstić information content (AvgIpc) is 2.88. The molecule has 1 aliphatic carbocycles. The van der Waals surface area contributed by atoms with Gasteiger partial charge >= 0.3 is 226 Å². The minimum absolute atomic E-state index is 0. The molecule has 1 aliphatic rings. The molecule has 38 heavy (non-hydrogen) atoms. The maximum Gasteiger partial charge on any atom is -1.00 e. The zero-order chi connectivity index (χ0) is 25.9. The molecule has 1 atom stereocenters. The molecule has 0 fully saturated rings. The third kappa shape index (κ3) is 5.37. The van der Waals surface area contributed by atoms with Crippen molar-refractivity contribution in [2.24, 2.45) is 5.41 Å². The van der Waals surface area contributed by atoms with E-state index in [-0.39, 0.29) is 48.1 Å². The molecule has 0 radical (unpaired) electrons. The Morgan fingerprint density at radius 3 is 0.947 bits per heavy atom. The summed E-state index contributed by atoms with van der Waals surface area (Å²) in [6.45, 7) is 22.9. The van der Waals surface area contributed by atoms with Gasteiger partial charge in [0.1, 0.15) is 0 Å². The second-order valence-electron chi connectivity index (χ2n) is 11.3. The molecule has 0 bridgehead atoms. The zero-order valence-corrected chi connectivity index (χ0v) is 28.2. The van der Waals surface area contributed by atoms with Gasteiger partial charge in [0.25, 0.3) is 0 Å². The van der Waals surface area contributed by atoms with Crippen molar-refractivity contribution in [2.45, 2.75) is 74.7 Å². The fourth-order valence-electron chi connectivity index (χ4n) is 6.81. The molecule has 0 spiro atoms. The summed E-state index contributed by atoms with van der Waals surface area (Å²) in [5.74, 6) is 0. The van der Waals surface area contributed by atoms with Crippen LogP contribution >= 0.6 is 0 Å². The van der Waals surface area contributed by atoms with E-state index in [4.69, 9.17) is 0 Å². The van der Waals surface area contributed by atoms with Crippen LogP contribution in [-0.2, 0) is 25.9 Å². The normalized spacial score (nSPS) is 17.2. The Balaban J connectivity index is 0.00000241. The third-order valence-corrected chi connectivity index (χ3v) is 9.83. The van der Waals surface area contributed by atoms with E-state index in [1.807, 2.05) is 0 Å². The summed E-state index contributed by atoms with van der Waals surface area (Å²) in [5.41, 5.74) is 15.8. The number of allylic oxidation sites excluding steroid dienone is 4. The first kappa shape index (κ1) is 34.8. The van der Waals surface area contributed by atoms with E-state index in [0.29, 0.717) is 0 Å². The first-order valence-electron chi connectivity index (χ1n) is 12.7. The van der Waals surface area contributed by atoms with Crippen LogP contribution in [0.1, 0.15) is 77.8 Å². The third-order valence-electron chi connectivity index (χ3n) is 8.46. The Morgan fingerprint density at radius 2 is 0.737 bits per heavy atom. The van der Waals surface area contributed by atoms with Gasteiger partial charge in [-0.05, 0) is 0 Å². The van der Waals surface area contributed by atoms with Crippen molar-refractivity contribution in [3.63, 3.8) is 0 Å². The maximum atomic E-state index is 2.50. The molecule has 4 heteroatoms. The minimum Gasteiger partial charge on any atom is -1.00 e. The second-order valence-corrected chi connectivity index (χ2v) is 12.0. The Kier molecular flexibility index (Phi) is 11.4. The molecule has 0 saturated heterocycles. The topological polar surface area (TPSA) is 0 Å². The number of benzene rings is 3. The van der Waals surface area contributed by atoms with Gasteiger partial charge in [-0.2, -0.15) is 0 Å². The standard InChI is InChI=1S/C34H39.3ClH.Ti/c1-21-11-22(2)15-30(14-21)34(31-16-23(3)12-24(4)17-31,32-18-25(5)13-26(6)19-32)33(10)20-27(7)28(8)29(33)9;;;;/h11-19H,1-10H3;3*1H;/q;;;;+3/p-3. The molecule has 3 aromatic rings. The van der Waals surface area contributed by atoms with Crippen LogP contribution in [0.15, 0.2) is 75.2 Å². The molecule has 0 aromatic heterocycles. The Hall–Kier alpha value is -1.28. The van der Waals surface area contributed by atoms with Crippen molar-refractivity contribution in [3.8, 4) is 0 Å². The first-order chi connectivity index (χ1) is 16.3. The summed E-state index contributed by atoms with van der Waals surface area (Å²) >= 11 is 2.37. The van der Waals surface area contributed by atoms with E-state index < -0.39 is 0 Å². The predicted octanol–water partition coefficient (Wildman–Crippen LogP) is 0.0606. The molecule has 0 saturated carbocycles. The largest absolute Gasteiger partial charge is 1.00 e. The summed E-state index contributed by atoms with van der Waals surface area (Å²) in [7, 11) is 0. The Labute approximate surface area is 261 Å². The van der Waals surface area contributed by atoms with Gasteiger partial charge in [-0.3, -0.25) is 0 Å². The molecule has 0 amide bonds. The molecule has 200 valence electrons. The number of halogens is 3. The van der Waals surface area contributed by atoms with Crippen LogP contribution in [0.3, 0.4) is 0 Å². The quantitative estimate of drug-likeness (QED) is 0.293. The van der Waals surface area contributed by atoms with Gasteiger partial charge in [-0.25, -0.2) is 0 Å². The van der Waals surface area contributed by atoms with Crippen molar-refractivity contribution in [1.82, 2.24) is 0 Å². The molecule has 0 nitrogen and oxygen atoms in total. The molecule has 0 aliphatic heterocycles. The van der Waals surface area contributed by atoms with Crippen LogP contribution in [0.25, 0.3) is 0 Å². The van der Waals surface area contributed by atoms with E-state index in [1.165, 1.54) is 70.7 Å². The summed E-state index contributed by atoms with van der Waals surface area (Å²) < 4.78 is 1.48.